The summed E-state index contributed by atoms with van der Waals surface area (Å²) in [6.07, 6.45) is 8.00. The average molecular weight is 282 g/mol. The fraction of sp³-hybridized carbons (Fsp3) is 0.500. The Balaban J connectivity index is 1.34. The number of amides is 1. The van der Waals surface area contributed by atoms with Gasteiger partial charge >= 0.3 is 0 Å². The fourth-order valence-electron chi connectivity index (χ4n) is 4.36. The minimum atomic E-state index is 0.294. The molecule has 1 amide bonds. The molecule has 2 bridgehead atoms. The van der Waals surface area contributed by atoms with Crippen molar-refractivity contribution in [3.8, 4) is 0 Å². The van der Waals surface area contributed by atoms with Gasteiger partial charge in [0, 0.05) is 29.6 Å². The maximum atomic E-state index is 12.3. The molecule has 0 unspecified atom stereocenters. The number of aromatic amines is 1. The third-order valence-electron chi connectivity index (χ3n) is 5.44. The second kappa shape index (κ2) is 5.21. The molecule has 2 saturated carbocycles. The summed E-state index contributed by atoms with van der Waals surface area (Å²) in [5.74, 6) is 2.09. The van der Waals surface area contributed by atoms with Crippen LogP contribution in [0.15, 0.2) is 30.5 Å². The van der Waals surface area contributed by atoms with Crippen molar-refractivity contribution in [2.75, 3.05) is 6.54 Å². The number of hydrogen-bond acceptors (Lipinski definition) is 1. The molecule has 0 aliphatic heterocycles. The zero-order valence-electron chi connectivity index (χ0n) is 12.3. The first kappa shape index (κ1) is 12.9. The summed E-state index contributed by atoms with van der Waals surface area (Å²) in [6.45, 7) is 0.745. The predicted molar refractivity (Wildman–Crippen MR) is 84.0 cm³/mol. The molecule has 0 saturated heterocycles. The standard InChI is InChI=1S/C18H22N2O/c21-18(16-10-12-5-6-13(16)9-12)19-8-7-14-11-20-17-4-2-1-3-15(14)17/h1-4,11-13,16,20H,5-10H2,(H,19,21)/t12-,13+,16+/m0/s1. The highest BCUT2D eigenvalue weighted by Gasteiger charge is 2.42. The van der Waals surface area contributed by atoms with Crippen molar-refractivity contribution in [3.63, 3.8) is 0 Å². The van der Waals surface area contributed by atoms with E-state index in [1.165, 1.54) is 35.7 Å². The summed E-state index contributed by atoms with van der Waals surface area (Å²) in [5.41, 5.74) is 2.46. The van der Waals surface area contributed by atoms with Crippen LogP contribution < -0.4 is 5.32 Å². The summed E-state index contributed by atoms with van der Waals surface area (Å²) in [6, 6.07) is 8.33. The molecular formula is C18H22N2O. The number of carbonyl (C=O) groups excluding carboxylic acids is 1. The van der Waals surface area contributed by atoms with Gasteiger partial charge in [0.15, 0.2) is 0 Å². The maximum absolute atomic E-state index is 12.3. The van der Waals surface area contributed by atoms with Gasteiger partial charge in [-0.3, -0.25) is 4.79 Å². The van der Waals surface area contributed by atoms with Crippen molar-refractivity contribution >= 4 is 16.8 Å². The molecule has 2 fully saturated rings. The minimum Gasteiger partial charge on any atom is -0.361 e. The Hall–Kier alpha value is -1.77. The van der Waals surface area contributed by atoms with E-state index in [4.69, 9.17) is 0 Å². The Labute approximate surface area is 125 Å². The minimum absolute atomic E-state index is 0.294. The molecule has 0 radical (unpaired) electrons. The highest BCUT2D eigenvalue weighted by Crippen LogP contribution is 2.48. The normalized spacial score (nSPS) is 27.3. The van der Waals surface area contributed by atoms with Crippen LogP contribution >= 0.6 is 0 Å². The zero-order valence-corrected chi connectivity index (χ0v) is 12.3. The maximum Gasteiger partial charge on any atom is 0.223 e. The Bertz CT molecular complexity index is 660. The lowest BCUT2D eigenvalue weighted by Crippen LogP contribution is -2.34. The summed E-state index contributed by atoms with van der Waals surface area (Å²) < 4.78 is 0. The van der Waals surface area contributed by atoms with Crippen LogP contribution in [0.1, 0.15) is 31.2 Å². The first-order valence-corrected chi connectivity index (χ1v) is 8.14. The van der Waals surface area contributed by atoms with E-state index in [2.05, 4.69) is 34.7 Å². The van der Waals surface area contributed by atoms with Crippen molar-refractivity contribution in [1.82, 2.24) is 10.3 Å². The lowest BCUT2D eigenvalue weighted by atomic mass is 9.88. The first-order valence-electron chi connectivity index (χ1n) is 8.14. The molecule has 2 aliphatic rings. The van der Waals surface area contributed by atoms with Gasteiger partial charge in [0.25, 0.3) is 0 Å². The van der Waals surface area contributed by atoms with Crippen molar-refractivity contribution in [2.45, 2.75) is 32.1 Å². The van der Waals surface area contributed by atoms with Gasteiger partial charge in [0.05, 0.1) is 0 Å². The molecule has 3 heteroatoms. The Morgan fingerprint density at radius 1 is 1.24 bits per heavy atom. The van der Waals surface area contributed by atoms with Gasteiger partial charge < -0.3 is 10.3 Å². The van der Waals surface area contributed by atoms with Crippen LogP contribution in [0.2, 0.25) is 0 Å². The van der Waals surface area contributed by atoms with E-state index in [1.54, 1.807) is 0 Å². The Morgan fingerprint density at radius 2 is 2.14 bits per heavy atom. The molecule has 1 aromatic carbocycles. The van der Waals surface area contributed by atoms with Crippen LogP contribution in [0.5, 0.6) is 0 Å². The van der Waals surface area contributed by atoms with Gasteiger partial charge in [-0.15, -0.1) is 0 Å². The van der Waals surface area contributed by atoms with Gasteiger partial charge in [0.1, 0.15) is 0 Å². The van der Waals surface area contributed by atoms with Gasteiger partial charge in [-0.05, 0) is 49.1 Å². The van der Waals surface area contributed by atoms with Crippen LogP contribution in [-0.4, -0.2) is 17.4 Å². The van der Waals surface area contributed by atoms with Crippen molar-refractivity contribution in [1.29, 1.82) is 0 Å². The number of H-pyrrole nitrogens is 1. The quantitative estimate of drug-likeness (QED) is 0.888. The molecule has 3 nitrogen and oxygen atoms in total. The molecule has 21 heavy (non-hydrogen) atoms. The Morgan fingerprint density at radius 3 is 2.95 bits per heavy atom. The first-order chi connectivity index (χ1) is 10.3. The molecule has 0 spiro atoms. The lowest BCUT2D eigenvalue weighted by Gasteiger charge is -2.20. The fourth-order valence-corrected chi connectivity index (χ4v) is 4.36. The monoisotopic (exact) mass is 282 g/mol. The summed E-state index contributed by atoms with van der Waals surface area (Å²) >= 11 is 0. The lowest BCUT2D eigenvalue weighted by molar-refractivity contribution is -0.126. The van der Waals surface area contributed by atoms with Gasteiger partial charge in [-0.1, -0.05) is 24.6 Å². The average Bonchev–Trinajstić information content (AvgIpc) is 3.22. The number of carbonyl (C=O) groups is 1. The molecule has 1 heterocycles. The number of para-hydroxylation sites is 1. The van der Waals surface area contributed by atoms with Gasteiger partial charge in [-0.2, -0.15) is 0 Å². The van der Waals surface area contributed by atoms with E-state index < -0.39 is 0 Å². The van der Waals surface area contributed by atoms with Crippen LogP contribution in [-0.2, 0) is 11.2 Å². The molecule has 1 aromatic heterocycles. The third-order valence-corrected chi connectivity index (χ3v) is 5.44. The number of benzene rings is 1. The summed E-state index contributed by atoms with van der Waals surface area (Å²) in [7, 11) is 0. The second-order valence-electron chi connectivity index (χ2n) is 6.68. The topological polar surface area (TPSA) is 44.9 Å². The van der Waals surface area contributed by atoms with E-state index in [9.17, 15) is 4.79 Å². The number of aromatic nitrogens is 1. The van der Waals surface area contributed by atoms with Crippen LogP contribution in [0, 0.1) is 17.8 Å². The van der Waals surface area contributed by atoms with E-state index in [1.807, 2.05) is 6.07 Å². The molecule has 110 valence electrons. The number of rotatable bonds is 4. The number of hydrogen-bond donors (Lipinski definition) is 2. The zero-order chi connectivity index (χ0) is 14.2. The largest absolute Gasteiger partial charge is 0.361 e. The highest BCUT2D eigenvalue weighted by molar-refractivity contribution is 5.83. The van der Waals surface area contributed by atoms with Crippen molar-refractivity contribution in [2.24, 2.45) is 17.8 Å². The van der Waals surface area contributed by atoms with E-state index >= 15 is 0 Å². The SMILES string of the molecule is O=C(NCCc1c[nH]c2ccccc12)[C@@H]1C[C@H]2CC[C@@H]1C2. The smallest absolute Gasteiger partial charge is 0.223 e. The third kappa shape index (κ3) is 2.35. The van der Waals surface area contributed by atoms with Crippen molar-refractivity contribution in [3.05, 3.63) is 36.0 Å². The summed E-state index contributed by atoms with van der Waals surface area (Å²) in [4.78, 5) is 15.6. The van der Waals surface area contributed by atoms with Crippen LogP contribution in [0.4, 0.5) is 0 Å². The van der Waals surface area contributed by atoms with Gasteiger partial charge in [0.2, 0.25) is 5.91 Å². The van der Waals surface area contributed by atoms with Crippen molar-refractivity contribution < 1.29 is 4.79 Å². The summed E-state index contributed by atoms with van der Waals surface area (Å²) in [5, 5.41) is 4.43. The molecule has 3 atom stereocenters. The van der Waals surface area contributed by atoms with Crippen LogP contribution in [0.3, 0.4) is 0 Å². The molecule has 2 aromatic rings. The number of fused-ring (bicyclic) bond motifs is 3. The van der Waals surface area contributed by atoms with E-state index in [-0.39, 0.29) is 0 Å². The van der Waals surface area contributed by atoms with E-state index in [0.29, 0.717) is 17.7 Å². The highest BCUT2D eigenvalue weighted by atomic mass is 16.1. The van der Waals surface area contributed by atoms with Crippen LogP contribution in [0.25, 0.3) is 10.9 Å². The molecule has 2 aliphatic carbocycles. The Kier molecular flexibility index (Phi) is 3.21. The molecule has 2 N–H and O–H groups in total. The van der Waals surface area contributed by atoms with Gasteiger partial charge in [-0.25, -0.2) is 0 Å². The molecular weight excluding hydrogens is 260 g/mol. The van der Waals surface area contributed by atoms with E-state index in [0.717, 1.165) is 25.3 Å². The predicted octanol–water partition coefficient (Wildman–Crippen LogP) is 3.26. The molecule has 4 rings (SSSR count). The second-order valence-corrected chi connectivity index (χ2v) is 6.68. The number of nitrogens with one attached hydrogen (secondary N) is 2.